The fourth-order valence-corrected chi connectivity index (χ4v) is 3.90. The van der Waals surface area contributed by atoms with Gasteiger partial charge in [0.25, 0.3) is 0 Å². The van der Waals surface area contributed by atoms with Gasteiger partial charge >= 0.3 is 5.97 Å². The molecule has 0 amide bonds. The van der Waals surface area contributed by atoms with Crippen molar-refractivity contribution in [3.8, 4) is 0 Å². The Kier molecular flexibility index (Phi) is 4.78. The monoisotopic (exact) mass is 321 g/mol. The SMILES string of the molecule is CC(C)(C)[Si](C)(C)OC1CC(C(=O)O)CCc2cccnc21. The van der Waals surface area contributed by atoms with Gasteiger partial charge in [-0.05, 0) is 49.0 Å². The zero-order chi connectivity index (χ0) is 16.5. The number of carboxylic acids is 1. The predicted octanol–water partition coefficient (Wildman–Crippen LogP) is 4.18. The maximum absolute atomic E-state index is 11.5. The Morgan fingerprint density at radius 2 is 2.09 bits per heavy atom. The molecule has 1 aromatic rings. The summed E-state index contributed by atoms with van der Waals surface area (Å²) < 4.78 is 6.54. The third-order valence-corrected chi connectivity index (χ3v) is 9.57. The van der Waals surface area contributed by atoms with E-state index in [0.29, 0.717) is 12.8 Å². The molecule has 1 aliphatic carbocycles. The zero-order valence-electron chi connectivity index (χ0n) is 14.2. The number of nitrogens with zero attached hydrogens (tertiary/aromatic N) is 1. The second-order valence-electron chi connectivity index (χ2n) is 7.72. The molecule has 0 aromatic carbocycles. The normalized spacial score (nSPS) is 22.8. The molecule has 122 valence electrons. The molecule has 5 heteroatoms. The summed E-state index contributed by atoms with van der Waals surface area (Å²) in [6.07, 6.45) is 3.51. The van der Waals surface area contributed by atoms with Crippen molar-refractivity contribution in [3.63, 3.8) is 0 Å². The van der Waals surface area contributed by atoms with E-state index >= 15 is 0 Å². The number of hydrogen-bond acceptors (Lipinski definition) is 3. The van der Waals surface area contributed by atoms with Crippen LogP contribution in [-0.2, 0) is 15.6 Å². The highest BCUT2D eigenvalue weighted by Crippen LogP contribution is 2.42. The van der Waals surface area contributed by atoms with E-state index < -0.39 is 14.3 Å². The first-order chi connectivity index (χ1) is 10.1. The molecule has 0 saturated heterocycles. The van der Waals surface area contributed by atoms with Crippen LogP contribution in [0.4, 0.5) is 0 Å². The number of carbonyl (C=O) groups is 1. The van der Waals surface area contributed by atoms with Gasteiger partial charge in [0.2, 0.25) is 0 Å². The first-order valence-electron chi connectivity index (χ1n) is 7.96. The third-order valence-electron chi connectivity index (χ3n) is 5.08. The fraction of sp³-hybridized carbons (Fsp3) is 0.647. The van der Waals surface area contributed by atoms with Gasteiger partial charge in [-0.2, -0.15) is 0 Å². The predicted molar refractivity (Wildman–Crippen MR) is 89.3 cm³/mol. The first kappa shape index (κ1) is 17.2. The summed E-state index contributed by atoms with van der Waals surface area (Å²) in [6, 6.07) is 3.97. The van der Waals surface area contributed by atoms with Gasteiger partial charge in [0.15, 0.2) is 8.32 Å². The third kappa shape index (κ3) is 3.58. The lowest BCUT2D eigenvalue weighted by Gasteiger charge is -2.39. The van der Waals surface area contributed by atoms with E-state index in [9.17, 15) is 9.90 Å². The van der Waals surface area contributed by atoms with Crippen LogP contribution in [0, 0.1) is 5.92 Å². The molecule has 0 saturated carbocycles. The van der Waals surface area contributed by atoms with Gasteiger partial charge in [-0.1, -0.05) is 26.8 Å². The maximum atomic E-state index is 11.5. The molecule has 1 aliphatic rings. The van der Waals surface area contributed by atoms with E-state index in [0.717, 1.165) is 17.7 Å². The van der Waals surface area contributed by atoms with Crippen LogP contribution in [0.2, 0.25) is 18.1 Å². The van der Waals surface area contributed by atoms with Gasteiger partial charge in [-0.15, -0.1) is 0 Å². The molecular formula is C17H27NO3Si. The molecule has 0 fully saturated rings. The van der Waals surface area contributed by atoms with Crippen molar-refractivity contribution in [1.29, 1.82) is 0 Å². The van der Waals surface area contributed by atoms with E-state index in [-0.39, 0.29) is 17.1 Å². The second-order valence-corrected chi connectivity index (χ2v) is 12.5. The Morgan fingerprint density at radius 1 is 1.41 bits per heavy atom. The molecule has 4 nitrogen and oxygen atoms in total. The Bertz CT molecular complexity index is 551. The topological polar surface area (TPSA) is 59.4 Å². The van der Waals surface area contributed by atoms with Crippen LogP contribution in [0.5, 0.6) is 0 Å². The van der Waals surface area contributed by atoms with Crippen LogP contribution in [0.1, 0.15) is 51.0 Å². The van der Waals surface area contributed by atoms with Gasteiger partial charge in [-0.3, -0.25) is 9.78 Å². The van der Waals surface area contributed by atoms with Gasteiger partial charge in [0, 0.05) is 6.20 Å². The summed E-state index contributed by atoms with van der Waals surface area (Å²) >= 11 is 0. The van der Waals surface area contributed by atoms with E-state index in [1.807, 2.05) is 6.07 Å². The van der Waals surface area contributed by atoms with Gasteiger partial charge in [-0.25, -0.2) is 0 Å². The summed E-state index contributed by atoms with van der Waals surface area (Å²) in [7, 11) is -1.98. The number of carboxylic acid groups (broad SMARTS) is 1. The smallest absolute Gasteiger partial charge is 0.306 e. The molecule has 1 N–H and O–H groups in total. The Balaban J connectivity index is 2.35. The highest BCUT2D eigenvalue weighted by Gasteiger charge is 2.41. The summed E-state index contributed by atoms with van der Waals surface area (Å²) in [6.45, 7) is 11.0. The molecule has 22 heavy (non-hydrogen) atoms. The number of aliphatic carboxylic acids is 1. The number of aryl methyl sites for hydroxylation is 1. The highest BCUT2D eigenvalue weighted by molar-refractivity contribution is 6.74. The number of pyridine rings is 1. The molecule has 2 atom stereocenters. The maximum Gasteiger partial charge on any atom is 0.306 e. The molecule has 0 aliphatic heterocycles. The van der Waals surface area contributed by atoms with Crippen molar-refractivity contribution < 1.29 is 14.3 Å². The van der Waals surface area contributed by atoms with E-state index in [2.05, 4.69) is 44.9 Å². The number of fused-ring (bicyclic) bond motifs is 1. The van der Waals surface area contributed by atoms with Gasteiger partial charge in [0.1, 0.15) is 0 Å². The molecule has 0 radical (unpaired) electrons. The van der Waals surface area contributed by atoms with Crippen LogP contribution in [0.3, 0.4) is 0 Å². The van der Waals surface area contributed by atoms with Crippen molar-refractivity contribution >= 4 is 14.3 Å². The molecule has 2 unspecified atom stereocenters. The van der Waals surface area contributed by atoms with Crippen LogP contribution < -0.4 is 0 Å². The fourth-order valence-electron chi connectivity index (χ4n) is 2.63. The molecular weight excluding hydrogens is 294 g/mol. The van der Waals surface area contributed by atoms with Crippen molar-refractivity contribution in [2.24, 2.45) is 5.92 Å². The van der Waals surface area contributed by atoms with Crippen LogP contribution in [0.25, 0.3) is 0 Å². The minimum absolute atomic E-state index is 0.0902. The summed E-state index contributed by atoms with van der Waals surface area (Å²) in [4.78, 5) is 16.0. The van der Waals surface area contributed by atoms with Crippen molar-refractivity contribution in [2.45, 2.75) is 64.3 Å². The standard InChI is InChI=1S/C17H27NO3Si/c1-17(2,3)22(4,5)21-14-11-13(16(19)20)9-8-12-7-6-10-18-15(12)14/h6-7,10,13-14H,8-9,11H2,1-5H3,(H,19,20). The lowest BCUT2D eigenvalue weighted by Crippen LogP contribution is -2.42. The second kappa shape index (κ2) is 6.12. The zero-order valence-corrected chi connectivity index (χ0v) is 15.2. The Morgan fingerprint density at radius 3 is 2.68 bits per heavy atom. The highest BCUT2D eigenvalue weighted by atomic mass is 28.4. The molecule has 1 aromatic heterocycles. The molecule has 0 spiro atoms. The lowest BCUT2D eigenvalue weighted by atomic mass is 9.99. The lowest BCUT2D eigenvalue weighted by molar-refractivity contribution is -0.142. The Labute approximate surface area is 134 Å². The summed E-state index contributed by atoms with van der Waals surface area (Å²) in [5, 5.41) is 9.54. The van der Waals surface area contributed by atoms with Crippen LogP contribution in [-0.4, -0.2) is 24.4 Å². The largest absolute Gasteiger partial charge is 0.481 e. The summed E-state index contributed by atoms with van der Waals surface area (Å²) in [5.41, 5.74) is 2.08. The average Bonchev–Trinajstić information content (AvgIpc) is 2.57. The van der Waals surface area contributed by atoms with E-state index in [4.69, 9.17) is 4.43 Å². The molecule has 2 rings (SSSR count). The minimum atomic E-state index is -1.98. The van der Waals surface area contributed by atoms with Crippen LogP contribution in [0.15, 0.2) is 18.3 Å². The van der Waals surface area contributed by atoms with Crippen molar-refractivity contribution in [1.82, 2.24) is 4.98 Å². The first-order valence-corrected chi connectivity index (χ1v) is 10.9. The quantitative estimate of drug-likeness (QED) is 0.670. The van der Waals surface area contributed by atoms with E-state index in [1.54, 1.807) is 6.20 Å². The minimum Gasteiger partial charge on any atom is -0.481 e. The van der Waals surface area contributed by atoms with Crippen molar-refractivity contribution in [3.05, 3.63) is 29.6 Å². The number of hydrogen-bond donors (Lipinski definition) is 1. The number of aromatic nitrogens is 1. The van der Waals surface area contributed by atoms with E-state index in [1.165, 1.54) is 0 Å². The molecule has 1 heterocycles. The average molecular weight is 321 g/mol. The summed E-state index contributed by atoms with van der Waals surface area (Å²) in [5.74, 6) is -1.08. The van der Waals surface area contributed by atoms with Gasteiger partial charge in [0.05, 0.1) is 17.7 Å². The number of rotatable bonds is 3. The Hall–Kier alpha value is -1.20. The van der Waals surface area contributed by atoms with Crippen molar-refractivity contribution in [2.75, 3.05) is 0 Å². The molecule has 0 bridgehead atoms. The van der Waals surface area contributed by atoms with Gasteiger partial charge < -0.3 is 9.53 Å². The van der Waals surface area contributed by atoms with Crippen LogP contribution >= 0.6 is 0 Å².